The van der Waals surface area contributed by atoms with Gasteiger partial charge in [-0.05, 0) is 44.2 Å². The number of rotatable bonds is 5. The number of carbonyl (C=O) groups excluding carboxylic acids is 1. The lowest BCUT2D eigenvalue weighted by Crippen LogP contribution is -2.50. The number of amides is 1. The molecule has 3 heterocycles. The molecule has 4 aliphatic rings. The monoisotopic (exact) mass is 433 g/mol. The second-order valence-corrected chi connectivity index (χ2v) is 9.33. The molecular weight excluding hydrogens is 399 g/mol. The van der Waals surface area contributed by atoms with E-state index in [1.807, 2.05) is 5.01 Å². The number of hydrogen-bond donors (Lipinski definition) is 4. The van der Waals surface area contributed by atoms with Crippen LogP contribution in [0.15, 0.2) is 0 Å². The van der Waals surface area contributed by atoms with Crippen LogP contribution in [0, 0.1) is 17.8 Å². The number of hydrazine groups is 1. The number of nitrogens with one attached hydrogen (secondary N) is 4. The smallest absolute Gasteiger partial charge is 0.349 e. The van der Waals surface area contributed by atoms with Gasteiger partial charge in [0.15, 0.2) is 0 Å². The van der Waals surface area contributed by atoms with Gasteiger partial charge in [0.25, 0.3) is 0 Å². The average molecular weight is 434 g/mol. The number of halogens is 3. The van der Waals surface area contributed by atoms with Gasteiger partial charge in [-0.2, -0.15) is 18.7 Å². The van der Waals surface area contributed by atoms with Crippen molar-refractivity contribution in [1.29, 1.82) is 0 Å². The Kier molecular flexibility index (Phi) is 7.19. The summed E-state index contributed by atoms with van der Waals surface area (Å²) in [5.41, 5.74) is 6.05. The summed E-state index contributed by atoms with van der Waals surface area (Å²) < 4.78 is 39.9. The second kappa shape index (κ2) is 9.68. The number of nitrogens with zero attached hydrogens (tertiary/aromatic N) is 1. The first-order valence-corrected chi connectivity index (χ1v) is 11.4. The summed E-state index contributed by atoms with van der Waals surface area (Å²) in [6.45, 7) is 2.13. The lowest BCUT2D eigenvalue weighted by Gasteiger charge is -2.35. The van der Waals surface area contributed by atoms with Gasteiger partial charge in [-0.1, -0.05) is 19.3 Å². The molecule has 1 amide bonds. The third-order valence-electron chi connectivity index (χ3n) is 7.15. The van der Waals surface area contributed by atoms with Gasteiger partial charge < -0.3 is 10.6 Å². The Labute approximate surface area is 175 Å². The van der Waals surface area contributed by atoms with Gasteiger partial charge >= 0.3 is 6.18 Å². The molecule has 1 aliphatic carbocycles. The molecule has 0 radical (unpaired) electrons. The largest absolute Gasteiger partial charge is 0.392 e. The highest BCUT2D eigenvalue weighted by atomic mass is 19.4. The van der Waals surface area contributed by atoms with E-state index in [1.54, 1.807) is 0 Å². The molecular formula is C20H34F3N5O2. The van der Waals surface area contributed by atoms with Gasteiger partial charge in [0, 0.05) is 26.1 Å². The summed E-state index contributed by atoms with van der Waals surface area (Å²) >= 11 is 0. The minimum Gasteiger partial charge on any atom is -0.349 e. The Hall–Kier alpha value is -0.940. The molecule has 4 N–H and O–H groups in total. The van der Waals surface area contributed by atoms with Crippen LogP contribution in [0.3, 0.4) is 0 Å². The van der Waals surface area contributed by atoms with E-state index in [4.69, 9.17) is 4.84 Å². The number of alkyl halides is 3. The zero-order chi connectivity index (χ0) is 21.1. The first kappa shape index (κ1) is 22.3. The fraction of sp³-hybridized carbons (Fsp3) is 0.950. The quantitative estimate of drug-likeness (QED) is 0.524. The molecule has 4 rings (SSSR count). The Morgan fingerprint density at radius 2 is 1.93 bits per heavy atom. The molecule has 4 fully saturated rings. The standard InChI is InChI=1S/C20H34F3N5O2/c21-20(22,23)16-6-7-24-9-14(16)11-28-12-15(10-25-28)26-19(29)17-8-18(30-27-17)13-4-2-1-3-5-13/h13-18,24-25,27H,1-12H2,(H,26,29). The van der Waals surface area contributed by atoms with Gasteiger partial charge in [0.05, 0.1) is 18.1 Å². The first-order valence-electron chi connectivity index (χ1n) is 11.4. The molecule has 0 aromatic heterocycles. The highest BCUT2D eigenvalue weighted by molar-refractivity contribution is 5.82. The number of hydroxylamine groups is 1. The van der Waals surface area contributed by atoms with Crippen LogP contribution >= 0.6 is 0 Å². The van der Waals surface area contributed by atoms with Crippen LogP contribution in [0.4, 0.5) is 13.2 Å². The Morgan fingerprint density at radius 3 is 2.70 bits per heavy atom. The summed E-state index contributed by atoms with van der Waals surface area (Å²) in [6, 6.07) is -0.475. The number of piperidine rings is 1. The summed E-state index contributed by atoms with van der Waals surface area (Å²) in [7, 11) is 0. The van der Waals surface area contributed by atoms with Crippen molar-refractivity contribution in [3.63, 3.8) is 0 Å². The van der Waals surface area contributed by atoms with Gasteiger partial charge in [-0.25, -0.2) is 5.01 Å². The van der Waals surface area contributed by atoms with Crippen molar-refractivity contribution < 1.29 is 22.8 Å². The Balaban J connectivity index is 1.21. The molecule has 1 saturated carbocycles. The third-order valence-corrected chi connectivity index (χ3v) is 7.15. The van der Waals surface area contributed by atoms with Crippen molar-refractivity contribution in [3.8, 4) is 0 Å². The van der Waals surface area contributed by atoms with E-state index in [9.17, 15) is 18.0 Å². The molecule has 7 nitrogen and oxygen atoms in total. The maximum Gasteiger partial charge on any atom is 0.392 e. The number of carbonyl (C=O) groups is 1. The van der Waals surface area contributed by atoms with Crippen LogP contribution < -0.4 is 21.5 Å². The SMILES string of the molecule is O=C(NC1CNN(CC2CNCCC2C(F)(F)F)C1)C1CC(C2CCCCC2)ON1. The molecule has 0 aromatic rings. The predicted molar refractivity (Wildman–Crippen MR) is 105 cm³/mol. The average Bonchev–Trinajstić information content (AvgIpc) is 3.38. The van der Waals surface area contributed by atoms with Gasteiger partial charge in [-0.15, -0.1) is 0 Å². The maximum absolute atomic E-state index is 13.3. The molecule has 5 unspecified atom stereocenters. The lowest BCUT2D eigenvalue weighted by atomic mass is 9.83. The van der Waals surface area contributed by atoms with Crippen molar-refractivity contribution in [2.45, 2.75) is 69.3 Å². The summed E-state index contributed by atoms with van der Waals surface area (Å²) in [5, 5.41) is 7.93. The normalized spacial score (nSPS) is 36.8. The zero-order valence-corrected chi connectivity index (χ0v) is 17.3. The van der Waals surface area contributed by atoms with E-state index in [0.29, 0.717) is 45.1 Å². The molecule has 3 saturated heterocycles. The molecule has 5 atom stereocenters. The molecule has 0 bridgehead atoms. The summed E-state index contributed by atoms with van der Waals surface area (Å²) in [4.78, 5) is 18.4. The fourth-order valence-corrected chi connectivity index (χ4v) is 5.45. The van der Waals surface area contributed by atoms with Crippen LogP contribution in [0.25, 0.3) is 0 Å². The van der Waals surface area contributed by atoms with Crippen LogP contribution in [0.2, 0.25) is 0 Å². The van der Waals surface area contributed by atoms with Crippen LogP contribution in [0.1, 0.15) is 44.9 Å². The minimum atomic E-state index is -4.16. The van der Waals surface area contributed by atoms with Crippen molar-refractivity contribution in [2.75, 3.05) is 32.7 Å². The van der Waals surface area contributed by atoms with E-state index in [0.717, 1.165) is 12.8 Å². The van der Waals surface area contributed by atoms with Gasteiger partial charge in [0.2, 0.25) is 5.91 Å². The molecule has 0 aromatic carbocycles. The van der Waals surface area contributed by atoms with E-state index in [1.165, 1.54) is 19.3 Å². The fourth-order valence-electron chi connectivity index (χ4n) is 5.45. The maximum atomic E-state index is 13.3. The molecule has 3 aliphatic heterocycles. The van der Waals surface area contributed by atoms with Gasteiger partial charge in [-0.3, -0.25) is 15.1 Å². The first-order chi connectivity index (χ1) is 14.4. The van der Waals surface area contributed by atoms with Crippen molar-refractivity contribution in [3.05, 3.63) is 0 Å². The van der Waals surface area contributed by atoms with E-state index in [2.05, 4.69) is 21.5 Å². The highest BCUT2D eigenvalue weighted by Crippen LogP contribution is 2.36. The molecule has 10 heteroatoms. The van der Waals surface area contributed by atoms with E-state index in [-0.39, 0.29) is 30.5 Å². The minimum absolute atomic E-state index is 0.0885. The van der Waals surface area contributed by atoms with Crippen LogP contribution in [0.5, 0.6) is 0 Å². The van der Waals surface area contributed by atoms with Gasteiger partial charge in [0.1, 0.15) is 6.04 Å². The lowest BCUT2D eigenvalue weighted by molar-refractivity contribution is -0.196. The van der Waals surface area contributed by atoms with Crippen molar-refractivity contribution >= 4 is 5.91 Å². The zero-order valence-electron chi connectivity index (χ0n) is 17.3. The summed E-state index contributed by atoms with van der Waals surface area (Å²) in [5.74, 6) is -1.32. The Morgan fingerprint density at radius 1 is 1.13 bits per heavy atom. The second-order valence-electron chi connectivity index (χ2n) is 9.33. The van der Waals surface area contributed by atoms with E-state index >= 15 is 0 Å². The predicted octanol–water partition coefficient (Wildman–Crippen LogP) is 1.32. The molecule has 0 spiro atoms. The van der Waals surface area contributed by atoms with E-state index < -0.39 is 18.0 Å². The topological polar surface area (TPSA) is 77.7 Å². The van der Waals surface area contributed by atoms with Crippen molar-refractivity contribution in [2.24, 2.45) is 17.8 Å². The van der Waals surface area contributed by atoms with Crippen LogP contribution in [-0.4, -0.2) is 68.0 Å². The summed E-state index contributed by atoms with van der Waals surface area (Å²) in [6.07, 6.45) is 2.81. The molecule has 172 valence electrons. The third kappa shape index (κ3) is 5.45. The highest BCUT2D eigenvalue weighted by Gasteiger charge is 2.46. The Bertz CT molecular complexity index is 587. The van der Waals surface area contributed by atoms with Crippen molar-refractivity contribution in [1.82, 2.24) is 26.5 Å². The van der Waals surface area contributed by atoms with Crippen LogP contribution in [-0.2, 0) is 9.63 Å². The molecule has 30 heavy (non-hydrogen) atoms. The number of hydrogen-bond acceptors (Lipinski definition) is 6.